The Hall–Kier alpha value is -2.91. The molecule has 36 heavy (non-hydrogen) atoms. The van der Waals surface area contributed by atoms with Gasteiger partial charge in [0.25, 0.3) is 0 Å². The van der Waals surface area contributed by atoms with Crippen LogP contribution >= 0.6 is 17.0 Å². The van der Waals surface area contributed by atoms with Crippen LogP contribution in [0.5, 0.6) is 0 Å². The molecule has 0 saturated heterocycles. The number of ether oxygens (including phenoxy) is 3. The first-order chi connectivity index (χ1) is 16.5. The lowest BCUT2D eigenvalue weighted by Crippen LogP contribution is -2.36. The number of esters is 3. The van der Waals surface area contributed by atoms with Crippen molar-refractivity contribution in [2.24, 2.45) is 0 Å². The summed E-state index contributed by atoms with van der Waals surface area (Å²) in [5, 5.41) is 6.25. The van der Waals surface area contributed by atoms with E-state index < -0.39 is 29.4 Å². The first kappa shape index (κ1) is 31.1. The standard InChI is InChI=1S/C27H36N2O6.BrH/c1-8-33-25(31)22-17(3)29-20(16-28-7)24(26(32)34-9-2)23(22)19-13-11-10-12-18(19)14-15-21(30)35-27(4,5)6;/h10-15,23,28-29H,8-9,16H2,1-7H3;1H/b15-14+;. The first-order valence-corrected chi connectivity index (χ1v) is 11.7. The van der Waals surface area contributed by atoms with Crippen LogP contribution in [-0.4, -0.2) is 50.3 Å². The number of hydrogen-bond donors (Lipinski definition) is 2. The molecule has 0 fully saturated rings. The minimum Gasteiger partial charge on any atom is -0.463 e. The maximum absolute atomic E-state index is 13.2. The number of halogens is 1. The summed E-state index contributed by atoms with van der Waals surface area (Å²) < 4.78 is 16.1. The number of benzene rings is 1. The predicted octanol–water partition coefficient (Wildman–Crippen LogP) is 4.18. The van der Waals surface area contributed by atoms with Gasteiger partial charge in [-0.25, -0.2) is 14.4 Å². The summed E-state index contributed by atoms with van der Waals surface area (Å²) in [6, 6.07) is 7.29. The molecule has 1 aromatic carbocycles. The molecular formula is C27H37BrN2O6. The minimum atomic E-state index is -0.766. The molecule has 1 aliphatic rings. The number of allylic oxidation sites excluding steroid dienone is 1. The van der Waals surface area contributed by atoms with Crippen LogP contribution in [0.2, 0.25) is 0 Å². The van der Waals surface area contributed by atoms with E-state index in [9.17, 15) is 14.4 Å². The number of carbonyl (C=O) groups is 3. The fourth-order valence-corrected chi connectivity index (χ4v) is 3.87. The van der Waals surface area contributed by atoms with E-state index >= 15 is 0 Å². The van der Waals surface area contributed by atoms with Gasteiger partial charge in [-0.15, -0.1) is 17.0 Å². The Morgan fingerprint density at radius 3 is 2.17 bits per heavy atom. The highest BCUT2D eigenvalue weighted by Crippen LogP contribution is 2.41. The molecule has 0 radical (unpaired) electrons. The molecule has 0 bridgehead atoms. The van der Waals surface area contributed by atoms with Gasteiger partial charge in [0.2, 0.25) is 0 Å². The van der Waals surface area contributed by atoms with Crippen LogP contribution in [0, 0.1) is 0 Å². The van der Waals surface area contributed by atoms with Crippen LogP contribution in [-0.2, 0) is 28.6 Å². The SMILES string of the molecule is Br.CCOC(=O)C1=C(C)NC(CNC)=C(C(=O)OCC)C1c1ccccc1/C=C/C(=O)OC(C)(C)C. The van der Waals surface area contributed by atoms with E-state index in [4.69, 9.17) is 14.2 Å². The largest absolute Gasteiger partial charge is 0.463 e. The molecule has 0 saturated carbocycles. The summed E-state index contributed by atoms with van der Waals surface area (Å²) in [4.78, 5) is 38.7. The van der Waals surface area contributed by atoms with Crippen LogP contribution in [0.4, 0.5) is 0 Å². The van der Waals surface area contributed by atoms with Gasteiger partial charge in [-0.2, -0.15) is 0 Å². The molecule has 0 aromatic heterocycles. The second kappa shape index (κ2) is 14.0. The topological polar surface area (TPSA) is 103 Å². The van der Waals surface area contributed by atoms with Crippen molar-refractivity contribution < 1.29 is 28.6 Å². The lowest BCUT2D eigenvalue weighted by Gasteiger charge is -2.32. The van der Waals surface area contributed by atoms with Crippen molar-refractivity contribution in [2.45, 2.75) is 53.1 Å². The Labute approximate surface area is 223 Å². The van der Waals surface area contributed by atoms with E-state index in [0.29, 0.717) is 40.2 Å². The summed E-state index contributed by atoms with van der Waals surface area (Å²) >= 11 is 0. The summed E-state index contributed by atoms with van der Waals surface area (Å²) in [5.41, 5.74) is 2.50. The molecular weight excluding hydrogens is 528 g/mol. The fraction of sp³-hybridized carbons (Fsp3) is 0.444. The van der Waals surface area contributed by atoms with Gasteiger partial charge < -0.3 is 24.8 Å². The van der Waals surface area contributed by atoms with Crippen molar-refractivity contribution in [1.82, 2.24) is 10.6 Å². The van der Waals surface area contributed by atoms with Crippen LogP contribution in [0.1, 0.15) is 58.6 Å². The van der Waals surface area contributed by atoms with Crippen LogP contribution < -0.4 is 10.6 Å². The second-order valence-corrected chi connectivity index (χ2v) is 8.96. The molecule has 2 N–H and O–H groups in total. The number of likely N-dealkylation sites (N-methyl/N-ethyl adjacent to an activating group) is 1. The molecule has 1 atom stereocenters. The molecule has 2 rings (SSSR count). The molecule has 0 aliphatic carbocycles. The number of nitrogens with one attached hydrogen (secondary N) is 2. The Balaban J connectivity index is 0.00000648. The maximum atomic E-state index is 13.2. The lowest BCUT2D eigenvalue weighted by atomic mass is 9.78. The fourth-order valence-electron chi connectivity index (χ4n) is 3.87. The van der Waals surface area contributed by atoms with Gasteiger partial charge in [0.15, 0.2) is 0 Å². The summed E-state index contributed by atoms with van der Waals surface area (Å²) in [6.07, 6.45) is 2.97. The number of carbonyl (C=O) groups excluding carboxylic acids is 3. The van der Waals surface area contributed by atoms with E-state index in [0.717, 1.165) is 0 Å². The Bertz CT molecular complexity index is 1050. The number of rotatable bonds is 9. The summed E-state index contributed by atoms with van der Waals surface area (Å²) in [5.74, 6) is -2.32. The van der Waals surface area contributed by atoms with Gasteiger partial charge in [0, 0.05) is 24.0 Å². The molecule has 0 amide bonds. The summed E-state index contributed by atoms with van der Waals surface area (Å²) in [6.45, 7) is 11.3. The molecule has 1 aliphatic heterocycles. The van der Waals surface area contributed by atoms with Crippen molar-refractivity contribution in [3.05, 3.63) is 64.0 Å². The zero-order valence-electron chi connectivity index (χ0n) is 22.0. The third-order valence-electron chi connectivity index (χ3n) is 5.10. The van der Waals surface area contributed by atoms with E-state index in [1.807, 2.05) is 24.3 Å². The highest BCUT2D eigenvalue weighted by atomic mass is 79.9. The quantitative estimate of drug-likeness (QED) is 0.261. The molecule has 1 heterocycles. The van der Waals surface area contributed by atoms with Crippen molar-refractivity contribution in [3.63, 3.8) is 0 Å². The average molecular weight is 566 g/mol. The molecule has 1 unspecified atom stereocenters. The number of hydrogen-bond acceptors (Lipinski definition) is 8. The molecule has 198 valence electrons. The molecule has 9 heteroatoms. The maximum Gasteiger partial charge on any atom is 0.336 e. The molecule has 8 nitrogen and oxygen atoms in total. The Kier molecular flexibility index (Phi) is 12.1. The van der Waals surface area contributed by atoms with Crippen molar-refractivity contribution in [1.29, 1.82) is 0 Å². The minimum absolute atomic E-state index is 0. The Morgan fingerprint density at radius 2 is 1.61 bits per heavy atom. The second-order valence-electron chi connectivity index (χ2n) is 8.96. The monoisotopic (exact) mass is 564 g/mol. The third kappa shape index (κ3) is 8.06. The van der Waals surface area contributed by atoms with Gasteiger partial charge >= 0.3 is 17.9 Å². The van der Waals surface area contributed by atoms with Crippen molar-refractivity contribution in [3.8, 4) is 0 Å². The molecule has 1 aromatic rings. The average Bonchev–Trinajstić information content (AvgIpc) is 2.76. The first-order valence-electron chi connectivity index (χ1n) is 11.7. The van der Waals surface area contributed by atoms with E-state index in [2.05, 4.69) is 10.6 Å². The van der Waals surface area contributed by atoms with Gasteiger partial charge in [-0.1, -0.05) is 24.3 Å². The smallest absolute Gasteiger partial charge is 0.336 e. The van der Waals surface area contributed by atoms with Gasteiger partial charge in [-0.05, 0) is 65.8 Å². The zero-order valence-corrected chi connectivity index (χ0v) is 23.7. The van der Waals surface area contributed by atoms with Crippen molar-refractivity contribution >= 4 is 41.0 Å². The highest BCUT2D eigenvalue weighted by Gasteiger charge is 2.39. The Morgan fingerprint density at radius 1 is 1.03 bits per heavy atom. The van der Waals surface area contributed by atoms with Crippen molar-refractivity contribution in [2.75, 3.05) is 26.8 Å². The predicted molar refractivity (Wildman–Crippen MR) is 144 cm³/mol. The molecule has 0 spiro atoms. The van der Waals surface area contributed by atoms with E-state index in [1.165, 1.54) is 6.08 Å². The van der Waals surface area contributed by atoms with Gasteiger partial charge in [0.1, 0.15) is 5.60 Å². The highest BCUT2D eigenvalue weighted by molar-refractivity contribution is 8.93. The number of dihydropyridines is 1. The normalized spacial score (nSPS) is 15.8. The third-order valence-corrected chi connectivity index (χ3v) is 5.10. The zero-order chi connectivity index (χ0) is 26.2. The van der Waals surface area contributed by atoms with Crippen LogP contribution in [0.15, 0.2) is 52.9 Å². The van der Waals surface area contributed by atoms with Gasteiger partial charge in [-0.3, -0.25) is 0 Å². The van der Waals surface area contributed by atoms with E-state index in [-0.39, 0.29) is 30.2 Å². The van der Waals surface area contributed by atoms with Crippen LogP contribution in [0.3, 0.4) is 0 Å². The van der Waals surface area contributed by atoms with Crippen LogP contribution in [0.25, 0.3) is 6.08 Å². The summed E-state index contributed by atoms with van der Waals surface area (Å²) in [7, 11) is 1.77. The lowest BCUT2D eigenvalue weighted by molar-refractivity contribution is -0.148. The van der Waals surface area contributed by atoms with E-state index in [1.54, 1.807) is 54.7 Å². The van der Waals surface area contributed by atoms with Gasteiger partial charge in [0.05, 0.1) is 30.3 Å².